The van der Waals surface area contributed by atoms with Crippen molar-refractivity contribution in [2.45, 2.75) is 69.8 Å². The van der Waals surface area contributed by atoms with Crippen molar-refractivity contribution in [1.29, 1.82) is 0 Å². The lowest BCUT2D eigenvalue weighted by molar-refractivity contribution is -0.139. The molecule has 1 aliphatic carbocycles. The van der Waals surface area contributed by atoms with Gasteiger partial charge in [-0.1, -0.05) is 110 Å². The van der Waals surface area contributed by atoms with Gasteiger partial charge in [0.15, 0.2) is 0 Å². The van der Waals surface area contributed by atoms with Gasteiger partial charge in [-0.05, 0) is 36.5 Å². The van der Waals surface area contributed by atoms with Gasteiger partial charge in [0.1, 0.15) is 6.04 Å². The van der Waals surface area contributed by atoms with Crippen LogP contribution in [0.1, 0.15) is 54.4 Å². The molecule has 1 saturated carbocycles. The molecule has 0 radical (unpaired) electrons. The van der Waals surface area contributed by atoms with Gasteiger partial charge in [0.05, 0.1) is 5.75 Å². The summed E-state index contributed by atoms with van der Waals surface area (Å²) < 4.78 is 0. The van der Waals surface area contributed by atoms with Gasteiger partial charge in [-0.2, -0.15) is 0 Å². The number of rotatable bonds is 11. The van der Waals surface area contributed by atoms with E-state index in [2.05, 4.69) is 36.5 Å². The second kappa shape index (κ2) is 14.0. The van der Waals surface area contributed by atoms with Crippen LogP contribution in [-0.2, 0) is 28.3 Å². The second-order valence-corrected chi connectivity index (χ2v) is 11.0. The first-order chi connectivity index (χ1) is 18.1. The molecule has 1 fully saturated rings. The van der Waals surface area contributed by atoms with Crippen LogP contribution in [0.15, 0.2) is 84.9 Å². The van der Waals surface area contributed by atoms with E-state index in [0.717, 1.165) is 48.1 Å². The van der Waals surface area contributed by atoms with Crippen molar-refractivity contribution in [1.82, 2.24) is 10.2 Å². The Morgan fingerprint density at radius 2 is 1.51 bits per heavy atom. The highest BCUT2D eigenvalue weighted by molar-refractivity contribution is 7.99. The summed E-state index contributed by atoms with van der Waals surface area (Å²) in [5.74, 6) is 1.07. The quantitative estimate of drug-likeness (QED) is 0.326. The third kappa shape index (κ3) is 8.50. The molecular weight excluding hydrogens is 476 g/mol. The maximum Gasteiger partial charge on any atom is 0.243 e. The van der Waals surface area contributed by atoms with Gasteiger partial charge >= 0.3 is 0 Å². The number of amides is 2. The standard InChI is InChI=1S/C32H38N2O2S/c1-25-12-11-17-28(20-25)22-34(31(35)24-37-23-27-15-7-3-8-16-27)30(21-26-13-5-2-6-14-26)32(36)33-29-18-9-4-10-19-29/h2-3,5-8,11-17,20,29-30H,4,9-10,18-19,21-24H2,1H3,(H,33,36)/t30-/m0/s1. The van der Waals surface area contributed by atoms with E-state index in [9.17, 15) is 9.59 Å². The average molecular weight is 515 g/mol. The number of carbonyl (C=O) groups is 2. The summed E-state index contributed by atoms with van der Waals surface area (Å²) in [6.45, 7) is 2.48. The van der Waals surface area contributed by atoms with E-state index in [-0.39, 0.29) is 17.9 Å². The van der Waals surface area contributed by atoms with E-state index in [4.69, 9.17) is 0 Å². The van der Waals surface area contributed by atoms with Crippen molar-refractivity contribution >= 4 is 23.6 Å². The highest BCUT2D eigenvalue weighted by Crippen LogP contribution is 2.21. The van der Waals surface area contributed by atoms with Crippen LogP contribution in [0.3, 0.4) is 0 Å². The minimum Gasteiger partial charge on any atom is -0.352 e. The van der Waals surface area contributed by atoms with Gasteiger partial charge < -0.3 is 10.2 Å². The van der Waals surface area contributed by atoms with E-state index in [1.54, 1.807) is 11.8 Å². The Hall–Kier alpha value is -3.05. The van der Waals surface area contributed by atoms with E-state index in [1.165, 1.54) is 12.0 Å². The molecule has 0 aliphatic heterocycles. The first-order valence-electron chi connectivity index (χ1n) is 13.4. The monoisotopic (exact) mass is 514 g/mol. The summed E-state index contributed by atoms with van der Waals surface area (Å²) in [5.41, 5.74) is 4.45. The molecule has 5 heteroatoms. The largest absolute Gasteiger partial charge is 0.352 e. The molecule has 194 valence electrons. The van der Waals surface area contributed by atoms with Crippen LogP contribution in [-0.4, -0.2) is 34.6 Å². The molecule has 4 nitrogen and oxygen atoms in total. The Bertz CT molecular complexity index is 1130. The Morgan fingerprint density at radius 3 is 2.19 bits per heavy atom. The maximum atomic E-state index is 13.8. The Labute approximate surface area is 225 Å². The molecule has 0 aromatic heterocycles. The van der Waals surface area contributed by atoms with Crippen LogP contribution in [0.2, 0.25) is 0 Å². The van der Waals surface area contributed by atoms with Gasteiger partial charge in [-0.3, -0.25) is 9.59 Å². The molecule has 1 atom stereocenters. The molecule has 0 spiro atoms. The number of nitrogens with zero attached hydrogens (tertiary/aromatic N) is 1. The van der Waals surface area contributed by atoms with Gasteiger partial charge in [-0.15, -0.1) is 11.8 Å². The summed E-state index contributed by atoms with van der Waals surface area (Å²) in [5, 5.41) is 3.31. The average Bonchev–Trinajstić information content (AvgIpc) is 2.92. The SMILES string of the molecule is Cc1cccc(CN(C(=O)CSCc2ccccc2)[C@@H](Cc2ccccc2)C(=O)NC2CCCCC2)c1. The summed E-state index contributed by atoms with van der Waals surface area (Å²) in [4.78, 5) is 29.4. The summed E-state index contributed by atoms with van der Waals surface area (Å²) in [7, 11) is 0. The van der Waals surface area contributed by atoms with Crippen molar-refractivity contribution in [3.05, 3.63) is 107 Å². The van der Waals surface area contributed by atoms with Crippen molar-refractivity contribution < 1.29 is 9.59 Å². The highest BCUT2D eigenvalue weighted by Gasteiger charge is 2.31. The molecule has 0 heterocycles. The lowest BCUT2D eigenvalue weighted by Crippen LogP contribution is -2.53. The second-order valence-electron chi connectivity index (χ2n) is 10.0. The lowest BCUT2D eigenvalue weighted by Gasteiger charge is -2.33. The third-order valence-electron chi connectivity index (χ3n) is 7.00. The number of nitrogens with one attached hydrogen (secondary N) is 1. The van der Waals surface area contributed by atoms with Gasteiger partial charge in [-0.25, -0.2) is 0 Å². The molecule has 0 bridgehead atoms. The minimum atomic E-state index is -0.560. The number of thioether (sulfide) groups is 1. The number of carbonyl (C=O) groups excluding carboxylic acids is 2. The maximum absolute atomic E-state index is 13.8. The topological polar surface area (TPSA) is 49.4 Å². The fourth-order valence-electron chi connectivity index (χ4n) is 5.02. The van der Waals surface area contributed by atoms with E-state index in [1.807, 2.05) is 65.6 Å². The van der Waals surface area contributed by atoms with E-state index < -0.39 is 6.04 Å². The van der Waals surface area contributed by atoms with Crippen LogP contribution in [0, 0.1) is 6.92 Å². The zero-order valence-corrected chi connectivity index (χ0v) is 22.6. The molecule has 37 heavy (non-hydrogen) atoms. The van der Waals surface area contributed by atoms with Crippen molar-refractivity contribution in [3.63, 3.8) is 0 Å². The number of aryl methyl sites for hydroxylation is 1. The van der Waals surface area contributed by atoms with Crippen LogP contribution in [0.25, 0.3) is 0 Å². The van der Waals surface area contributed by atoms with Crippen molar-refractivity contribution in [3.8, 4) is 0 Å². The number of hydrogen-bond donors (Lipinski definition) is 1. The van der Waals surface area contributed by atoms with Gasteiger partial charge in [0, 0.05) is 24.8 Å². The lowest BCUT2D eigenvalue weighted by atomic mass is 9.94. The predicted molar refractivity (Wildman–Crippen MR) is 153 cm³/mol. The number of hydrogen-bond acceptors (Lipinski definition) is 3. The van der Waals surface area contributed by atoms with Crippen LogP contribution in [0.4, 0.5) is 0 Å². The zero-order valence-electron chi connectivity index (χ0n) is 21.8. The molecular formula is C32H38N2O2S. The van der Waals surface area contributed by atoms with Crippen molar-refractivity contribution in [2.75, 3.05) is 5.75 Å². The number of benzene rings is 3. The normalized spacial score (nSPS) is 14.6. The highest BCUT2D eigenvalue weighted by atomic mass is 32.2. The minimum absolute atomic E-state index is 0.00200. The van der Waals surface area contributed by atoms with Gasteiger partial charge in [0.25, 0.3) is 0 Å². The molecule has 3 aromatic carbocycles. The summed E-state index contributed by atoms with van der Waals surface area (Å²) >= 11 is 1.60. The molecule has 4 rings (SSSR count). The molecule has 0 saturated heterocycles. The first-order valence-corrected chi connectivity index (χ1v) is 14.5. The molecule has 0 unspecified atom stereocenters. The molecule has 2 amide bonds. The van der Waals surface area contributed by atoms with E-state index >= 15 is 0 Å². The molecule has 3 aromatic rings. The fourth-order valence-corrected chi connectivity index (χ4v) is 5.89. The van der Waals surface area contributed by atoms with Crippen LogP contribution < -0.4 is 5.32 Å². The van der Waals surface area contributed by atoms with Gasteiger partial charge in [0.2, 0.25) is 11.8 Å². The van der Waals surface area contributed by atoms with Crippen LogP contribution in [0.5, 0.6) is 0 Å². The molecule has 1 N–H and O–H groups in total. The zero-order chi connectivity index (χ0) is 25.9. The summed E-state index contributed by atoms with van der Waals surface area (Å²) in [6.07, 6.45) is 6.06. The summed E-state index contributed by atoms with van der Waals surface area (Å²) in [6, 6.07) is 28.1. The predicted octanol–water partition coefficient (Wildman–Crippen LogP) is 6.32. The third-order valence-corrected chi connectivity index (χ3v) is 7.98. The smallest absolute Gasteiger partial charge is 0.243 e. The molecule has 1 aliphatic rings. The first kappa shape index (κ1) is 27.0. The fraction of sp³-hybridized carbons (Fsp3) is 0.375. The Morgan fingerprint density at radius 1 is 0.865 bits per heavy atom. The Balaban J connectivity index is 1.56. The van der Waals surface area contributed by atoms with E-state index in [0.29, 0.717) is 18.7 Å². The van der Waals surface area contributed by atoms with Crippen LogP contribution >= 0.6 is 11.8 Å². The van der Waals surface area contributed by atoms with Crippen molar-refractivity contribution in [2.24, 2.45) is 0 Å². The Kier molecular flexibility index (Phi) is 10.2.